The van der Waals surface area contributed by atoms with Gasteiger partial charge in [-0.3, -0.25) is 0 Å². The molecule has 0 atom stereocenters. The van der Waals surface area contributed by atoms with Crippen LogP contribution in [-0.2, 0) is 6.61 Å². The molecule has 19 heavy (non-hydrogen) atoms. The van der Waals surface area contributed by atoms with Crippen LogP contribution in [0.5, 0.6) is 5.75 Å². The van der Waals surface area contributed by atoms with Gasteiger partial charge in [0.2, 0.25) is 0 Å². The first-order chi connectivity index (χ1) is 9.22. The second-order valence-corrected chi connectivity index (χ2v) is 4.11. The molecule has 0 saturated heterocycles. The van der Waals surface area contributed by atoms with E-state index in [-0.39, 0.29) is 18.2 Å². The Morgan fingerprint density at radius 1 is 1.00 bits per heavy atom. The van der Waals surface area contributed by atoms with Crippen molar-refractivity contribution in [1.82, 2.24) is 0 Å². The van der Waals surface area contributed by atoms with Crippen molar-refractivity contribution in [3.8, 4) is 5.75 Å². The molecule has 0 aliphatic heterocycles. The zero-order valence-electron chi connectivity index (χ0n) is 9.90. The maximum Gasteiger partial charge on any atom is 0.165 e. The lowest BCUT2D eigenvalue weighted by Gasteiger charge is -2.04. The van der Waals surface area contributed by atoms with Gasteiger partial charge in [0.1, 0.15) is 23.8 Å². The monoisotopic (exact) mass is 260 g/mol. The Balaban J connectivity index is 1.80. The maximum absolute atomic E-state index is 13.3. The van der Waals surface area contributed by atoms with E-state index in [1.807, 2.05) is 0 Å². The van der Waals surface area contributed by atoms with Crippen LogP contribution in [0.3, 0.4) is 0 Å². The molecule has 0 fully saturated rings. The van der Waals surface area contributed by atoms with Crippen molar-refractivity contribution in [2.75, 3.05) is 0 Å². The van der Waals surface area contributed by atoms with Gasteiger partial charge >= 0.3 is 0 Å². The number of hydrogen-bond acceptors (Lipinski definition) is 2. The molecule has 0 bridgehead atoms. The molecule has 2 aromatic carbocycles. The van der Waals surface area contributed by atoms with E-state index in [1.165, 1.54) is 24.3 Å². The molecule has 3 rings (SSSR count). The average molecular weight is 260 g/mol. The van der Waals surface area contributed by atoms with E-state index in [4.69, 9.17) is 9.15 Å². The molecule has 2 nitrogen and oxygen atoms in total. The average Bonchev–Trinajstić information content (AvgIpc) is 2.79. The van der Waals surface area contributed by atoms with Gasteiger partial charge in [-0.25, -0.2) is 8.78 Å². The van der Waals surface area contributed by atoms with Crippen molar-refractivity contribution in [3.63, 3.8) is 0 Å². The highest BCUT2D eigenvalue weighted by Crippen LogP contribution is 2.22. The van der Waals surface area contributed by atoms with Gasteiger partial charge in [0, 0.05) is 5.39 Å². The summed E-state index contributed by atoms with van der Waals surface area (Å²) in [5.74, 6) is -0.0717. The van der Waals surface area contributed by atoms with Crippen molar-refractivity contribution >= 4 is 11.0 Å². The molecular formula is C15H10F2O2. The molecule has 0 radical (unpaired) electrons. The van der Waals surface area contributed by atoms with Gasteiger partial charge in [0.15, 0.2) is 11.6 Å². The summed E-state index contributed by atoms with van der Waals surface area (Å²) in [6, 6.07) is 12.1. The number of fused-ring (bicyclic) bond motifs is 1. The minimum Gasteiger partial charge on any atom is -0.483 e. The number of ether oxygens (including phenoxy) is 1. The Hall–Kier alpha value is -2.36. The third-order valence-corrected chi connectivity index (χ3v) is 2.74. The zero-order valence-corrected chi connectivity index (χ0v) is 9.90. The van der Waals surface area contributed by atoms with E-state index in [0.717, 1.165) is 0 Å². The lowest BCUT2D eigenvalue weighted by molar-refractivity contribution is 0.262. The summed E-state index contributed by atoms with van der Waals surface area (Å²) in [5.41, 5.74) is 0.577. The van der Waals surface area contributed by atoms with Crippen LogP contribution in [0.25, 0.3) is 11.0 Å². The molecule has 3 aromatic rings. The van der Waals surface area contributed by atoms with Gasteiger partial charge in [0.05, 0.1) is 0 Å². The highest BCUT2D eigenvalue weighted by molar-refractivity contribution is 5.77. The van der Waals surface area contributed by atoms with Crippen LogP contribution in [0, 0.1) is 11.6 Å². The zero-order chi connectivity index (χ0) is 13.2. The van der Waals surface area contributed by atoms with Gasteiger partial charge in [0.25, 0.3) is 0 Å². The van der Waals surface area contributed by atoms with E-state index in [2.05, 4.69) is 0 Å². The number of para-hydroxylation sites is 1. The van der Waals surface area contributed by atoms with Gasteiger partial charge in [-0.15, -0.1) is 0 Å². The van der Waals surface area contributed by atoms with Crippen molar-refractivity contribution in [2.24, 2.45) is 0 Å². The molecule has 96 valence electrons. The van der Waals surface area contributed by atoms with E-state index in [9.17, 15) is 8.78 Å². The highest BCUT2D eigenvalue weighted by Gasteiger charge is 2.07. The fourth-order valence-corrected chi connectivity index (χ4v) is 1.85. The summed E-state index contributed by atoms with van der Waals surface area (Å²) in [6.45, 7) is 0.0945. The molecule has 4 heteroatoms. The van der Waals surface area contributed by atoms with E-state index in [0.29, 0.717) is 16.7 Å². The van der Waals surface area contributed by atoms with Crippen LogP contribution < -0.4 is 4.74 Å². The number of hydrogen-bond donors (Lipinski definition) is 0. The summed E-state index contributed by atoms with van der Waals surface area (Å²) in [4.78, 5) is 0. The molecule has 0 aliphatic carbocycles. The van der Waals surface area contributed by atoms with Gasteiger partial charge in [-0.05, 0) is 36.4 Å². The predicted octanol–water partition coefficient (Wildman–Crippen LogP) is 4.29. The predicted molar refractivity (Wildman–Crippen MR) is 66.9 cm³/mol. The molecule has 1 aromatic heterocycles. The Bertz CT molecular complexity index is 719. The van der Waals surface area contributed by atoms with Crippen LogP contribution in [0.15, 0.2) is 52.9 Å². The molecule has 0 spiro atoms. The first-order valence-corrected chi connectivity index (χ1v) is 5.78. The molecule has 1 heterocycles. The summed E-state index contributed by atoms with van der Waals surface area (Å²) in [5, 5.41) is 0.659. The number of rotatable bonds is 3. The second-order valence-electron chi connectivity index (χ2n) is 4.11. The van der Waals surface area contributed by atoms with Crippen LogP contribution in [-0.4, -0.2) is 0 Å². The van der Waals surface area contributed by atoms with Gasteiger partial charge in [-0.1, -0.05) is 12.1 Å². The first kappa shape index (κ1) is 11.7. The fraction of sp³-hybridized carbons (Fsp3) is 0.0667. The third-order valence-electron chi connectivity index (χ3n) is 2.74. The minimum absolute atomic E-state index is 0.0945. The van der Waals surface area contributed by atoms with Crippen LogP contribution in [0.2, 0.25) is 0 Å². The quantitative estimate of drug-likeness (QED) is 0.701. The SMILES string of the molecule is Fc1ccc2oc(COc3ccccc3F)cc2c1. The Morgan fingerprint density at radius 3 is 2.68 bits per heavy atom. The van der Waals surface area contributed by atoms with Crippen molar-refractivity contribution in [2.45, 2.75) is 6.61 Å². The maximum atomic E-state index is 13.3. The lowest BCUT2D eigenvalue weighted by atomic mass is 10.2. The van der Waals surface area contributed by atoms with Crippen molar-refractivity contribution in [1.29, 1.82) is 0 Å². The number of furan rings is 1. The number of benzene rings is 2. The normalized spacial score (nSPS) is 10.8. The number of halogens is 2. The highest BCUT2D eigenvalue weighted by atomic mass is 19.1. The van der Waals surface area contributed by atoms with Gasteiger partial charge < -0.3 is 9.15 Å². The summed E-state index contributed by atoms with van der Waals surface area (Å²) in [6.07, 6.45) is 0. The fourth-order valence-electron chi connectivity index (χ4n) is 1.85. The molecule has 0 N–H and O–H groups in total. The van der Waals surface area contributed by atoms with E-state index >= 15 is 0 Å². The third kappa shape index (κ3) is 2.42. The summed E-state index contributed by atoms with van der Waals surface area (Å²) in [7, 11) is 0. The smallest absolute Gasteiger partial charge is 0.165 e. The van der Waals surface area contributed by atoms with E-state index in [1.54, 1.807) is 24.3 Å². The minimum atomic E-state index is -0.426. The van der Waals surface area contributed by atoms with Gasteiger partial charge in [-0.2, -0.15) is 0 Å². The van der Waals surface area contributed by atoms with Crippen molar-refractivity contribution in [3.05, 3.63) is 65.9 Å². The molecule has 0 saturated carbocycles. The first-order valence-electron chi connectivity index (χ1n) is 5.78. The Kier molecular flexibility index (Phi) is 2.91. The molecule has 0 aliphatic rings. The Morgan fingerprint density at radius 2 is 1.84 bits per heavy atom. The van der Waals surface area contributed by atoms with E-state index < -0.39 is 5.82 Å². The largest absolute Gasteiger partial charge is 0.483 e. The summed E-state index contributed by atoms with van der Waals surface area (Å²) < 4.78 is 37.2. The van der Waals surface area contributed by atoms with Crippen LogP contribution in [0.1, 0.15) is 5.76 Å². The topological polar surface area (TPSA) is 22.4 Å². The molecular weight excluding hydrogens is 250 g/mol. The van der Waals surface area contributed by atoms with Crippen LogP contribution in [0.4, 0.5) is 8.78 Å². The lowest BCUT2D eigenvalue weighted by Crippen LogP contribution is -1.95. The second kappa shape index (κ2) is 4.72. The standard InChI is InChI=1S/C15H10F2O2/c16-11-5-6-14-10(7-11)8-12(19-14)9-18-15-4-2-1-3-13(15)17/h1-8H,9H2. The molecule has 0 unspecified atom stereocenters. The molecule has 0 amide bonds. The Labute approximate surface area is 108 Å². The van der Waals surface area contributed by atoms with Crippen LogP contribution >= 0.6 is 0 Å². The summed E-state index contributed by atoms with van der Waals surface area (Å²) >= 11 is 0. The van der Waals surface area contributed by atoms with Crippen molar-refractivity contribution < 1.29 is 17.9 Å².